The van der Waals surface area contributed by atoms with Crippen LogP contribution < -0.4 is 5.32 Å². The highest BCUT2D eigenvalue weighted by Gasteiger charge is 2.23. The van der Waals surface area contributed by atoms with E-state index in [0.29, 0.717) is 11.4 Å². The Morgan fingerprint density at radius 2 is 1.87 bits per heavy atom. The normalized spacial score (nSPS) is 15.8. The summed E-state index contributed by atoms with van der Waals surface area (Å²) in [6.07, 6.45) is 11.2. The van der Waals surface area contributed by atoms with E-state index in [1.807, 2.05) is 19.1 Å². The molecule has 1 aliphatic rings. The molecule has 1 aromatic carbocycles. The lowest BCUT2D eigenvalue weighted by atomic mass is 9.57. The second kappa shape index (κ2) is 11.4. The fourth-order valence-electron chi connectivity index (χ4n) is 4.08. The number of benzene rings is 1. The number of rotatable bonds is 11. The highest BCUT2D eigenvalue weighted by molar-refractivity contribution is 6.38. The van der Waals surface area contributed by atoms with Gasteiger partial charge in [0, 0.05) is 5.70 Å². The molecule has 2 rings (SSSR count). The lowest BCUT2D eigenvalue weighted by Crippen LogP contribution is -2.40. The first-order valence-electron chi connectivity index (χ1n) is 11.7. The van der Waals surface area contributed by atoms with Crippen LogP contribution >= 0.6 is 0 Å². The molecule has 0 bridgehead atoms. The fraction of sp³-hybridized carbons (Fsp3) is 0.448. The number of allylic oxidation sites excluding steroid dienone is 6. The molecule has 1 aromatic rings. The summed E-state index contributed by atoms with van der Waals surface area (Å²) in [5.41, 5.74) is 9.09. The molecule has 0 saturated heterocycles. The van der Waals surface area contributed by atoms with Crippen LogP contribution in [0.2, 0.25) is 0 Å². The van der Waals surface area contributed by atoms with Crippen molar-refractivity contribution >= 4 is 12.9 Å². The summed E-state index contributed by atoms with van der Waals surface area (Å²) in [6.45, 7) is 25.8. The van der Waals surface area contributed by atoms with Crippen molar-refractivity contribution in [2.45, 2.75) is 78.5 Å². The van der Waals surface area contributed by atoms with Gasteiger partial charge in [-0.2, -0.15) is 0 Å². The van der Waals surface area contributed by atoms with E-state index >= 15 is 0 Å². The van der Waals surface area contributed by atoms with Gasteiger partial charge in [0.2, 0.25) is 0 Å². The van der Waals surface area contributed by atoms with E-state index in [9.17, 15) is 0 Å². The molecule has 1 nitrogen and oxygen atoms in total. The molecule has 0 aromatic heterocycles. The minimum atomic E-state index is 0.342. The smallest absolute Gasteiger partial charge is 0.146 e. The summed E-state index contributed by atoms with van der Waals surface area (Å²) in [5.74, 6) is 0.365. The summed E-state index contributed by atoms with van der Waals surface area (Å²) in [4.78, 5) is 0. The third kappa shape index (κ3) is 8.09. The van der Waals surface area contributed by atoms with Gasteiger partial charge in [0.1, 0.15) is 7.28 Å². The van der Waals surface area contributed by atoms with Gasteiger partial charge >= 0.3 is 0 Å². The minimum Gasteiger partial charge on any atom is -0.394 e. The molecule has 1 atom stereocenters. The van der Waals surface area contributed by atoms with Crippen molar-refractivity contribution in [1.29, 1.82) is 0 Å². The molecule has 1 heterocycles. The molecule has 0 saturated carbocycles. The molecular weight excluding hydrogens is 373 g/mol. The van der Waals surface area contributed by atoms with Crippen LogP contribution in [0.3, 0.4) is 0 Å². The first-order chi connectivity index (χ1) is 14.6. The van der Waals surface area contributed by atoms with Crippen molar-refractivity contribution in [2.24, 2.45) is 5.41 Å². The van der Waals surface area contributed by atoms with E-state index in [1.54, 1.807) is 0 Å². The third-order valence-electron chi connectivity index (χ3n) is 6.05. The quantitative estimate of drug-likeness (QED) is 0.291. The fourth-order valence-corrected chi connectivity index (χ4v) is 4.08. The zero-order chi connectivity index (χ0) is 23.0. The van der Waals surface area contributed by atoms with Gasteiger partial charge in [-0.3, -0.25) is 0 Å². The Hall–Kier alpha value is -2.22. The largest absolute Gasteiger partial charge is 0.394 e. The maximum atomic E-state index is 4.42. The Morgan fingerprint density at radius 3 is 2.55 bits per heavy atom. The molecule has 0 aliphatic carbocycles. The van der Waals surface area contributed by atoms with Gasteiger partial charge in [-0.1, -0.05) is 83.8 Å². The Morgan fingerprint density at radius 1 is 1.13 bits per heavy atom. The van der Waals surface area contributed by atoms with E-state index in [0.717, 1.165) is 61.7 Å². The molecule has 1 radical (unpaired) electrons. The van der Waals surface area contributed by atoms with Crippen molar-refractivity contribution in [3.8, 4) is 0 Å². The lowest BCUT2D eigenvalue weighted by Gasteiger charge is -2.29. The third-order valence-corrected chi connectivity index (χ3v) is 6.05. The standard InChI is InChI=1S/C29H41BN/c1-9-12-21(2)22(3)13-10-14-23(4)26-16-11-15-25-19-28(30-20-27(25)26)31-24(5)17-18-29(6,7)8/h9,11-12,15-16,28,31H,2-5,10,13-14,17-20H2,1,6-8H3/b12-9-. The number of nitrogens with one attached hydrogen (secondary N) is 1. The van der Waals surface area contributed by atoms with E-state index < -0.39 is 0 Å². The predicted octanol–water partition coefficient (Wildman–Crippen LogP) is 7.57. The van der Waals surface area contributed by atoms with Gasteiger partial charge in [-0.15, -0.1) is 0 Å². The van der Waals surface area contributed by atoms with Crippen molar-refractivity contribution in [3.05, 3.63) is 90.2 Å². The van der Waals surface area contributed by atoms with Gasteiger partial charge in [-0.05, 0) is 90.2 Å². The van der Waals surface area contributed by atoms with Crippen molar-refractivity contribution in [2.75, 3.05) is 0 Å². The maximum Gasteiger partial charge on any atom is 0.146 e. The summed E-state index contributed by atoms with van der Waals surface area (Å²) < 4.78 is 0. The van der Waals surface area contributed by atoms with Crippen LogP contribution in [0.4, 0.5) is 0 Å². The first kappa shape index (κ1) is 25.0. The van der Waals surface area contributed by atoms with Gasteiger partial charge in [0.25, 0.3) is 0 Å². The van der Waals surface area contributed by atoms with Gasteiger partial charge < -0.3 is 5.32 Å². The van der Waals surface area contributed by atoms with E-state index in [1.165, 1.54) is 22.3 Å². The van der Waals surface area contributed by atoms with Crippen molar-refractivity contribution in [3.63, 3.8) is 0 Å². The summed E-state index contributed by atoms with van der Waals surface area (Å²) >= 11 is 0. The number of hydrogen-bond donors (Lipinski definition) is 1. The maximum absolute atomic E-state index is 4.42. The molecule has 165 valence electrons. The molecular formula is C29H41BN. The first-order valence-corrected chi connectivity index (χ1v) is 11.7. The Balaban J connectivity index is 1.92. The van der Waals surface area contributed by atoms with Crippen LogP contribution in [0.15, 0.2) is 73.5 Å². The minimum absolute atomic E-state index is 0.342. The average molecular weight is 414 g/mol. The van der Waals surface area contributed by atoms with E-state index in [-0.39, 0.29) is 0 Å². The molecule has 0 amide bonds. The zero-order valence-corrected chi connectivity index (χ0v) is 20.3. The predicted molar refractivity (Wildman–Crippen MR) is 140 cm³/mol. The van der Waals surface area contributed by atoms with E-state index in [4.69, 9.17) is 0 Å². The highest BCUT2D eigenvalue weighted by atomic mass is 14.9. The number of hydrogen-bond acceptors (Lipinski definition) is 1. The monoisotopic (exact) mass is 414 g/mol. The summed E-state index contributed by atoms with van der Waals surface area (Å²) in [6, 6.07) is 6.69. The Kier molecular flexibility index (Phi) is 9.23. The molecule has 1 aliphatic heterocycles. The van der Waals surface area contributed by atoms with Crippen LogP contribution in [-0.2, 0) is 12.7 Å². The Labute approximate surface area is 192 Å². The van der Waals surface area contributed by atoms with Crippen LogP contribution in [0.25, 0.3) is 5.57 Å². The molecule has 2 heteroatoms. The van der Waals surface area contributed by atoms with E-state index in [2.05, 4.69) is 77.9 Å². The van der Waals surface area contributed by atoms with Gasteiger partial charge in [-0.25, -0.2) is 0 Å². The molecule has 0 spiro atoms. The average Bonchev–Trinajstić information content (AvgIpc) is 2.71. The topological polar surface area (TPSA) is 12.0 Å². The van der Waals surface area contributed by atoms with Crippen LogP contribution in [0.5, 0.6) is 0 Å². The molecule has 1 N–H and O–H groups in total. The van der Waals surface area contributed by atoms with Crippen LogP contribution in [-0.4, -0.2) is 13.2 Å². The van der Waals surface area contributed by atoms with Crippen LogP contribution in [0, 0.1) is 5.41 Å². The highest BCUT2D eigenvalue weighted by Crippen LogP contribution is 2.30. The Bertz CT molecular complexity index is 850. The molecule has 1 unspecified atom stereocenters. The van der Waals surface area contributed by atoms with Crippen LogP contribution in [0.1, 0.15) is 76.5 Å². The second-order valence-corrected chi connectivity index (χ2v) is 10.1. The number of fused-ring (bicyclic) bond motifs is 1. The van der Waals surface area contributed by atoms with Crippen molar-refractivity contribution < 1.29 is 0 Å². The molecule has 31 heavy (non-hydrogen) atoms. The van der Waals surface area contributed by atoms with Gasteiger partial charge in [0.05, 0.1) is 0 Å². The summed E-state index contributed by atoms with van der Waals surface area (Å²) in [5, 5.41) is 3.65. The van der Waals surface area contributed by atoms with Gasteiger partial charge in [0.15, 0.2) is 0 Å². The van der Waals surface area contributed by atoms with Crippen molar-refractivity contribution in [1.82, 2.24) is 5.32 Å². The second-order valence-electron chi connectivity index (χ2n) is 10.1. The SMILES string of the molecule is C=C(CCC(C)(C)C)NC1[B]Cc2c(cccc2C(=C)CCCC(=C)C(=C)/C=C\C)C1. The molecule has 0 fully saturated rings. The lowest BCUT2D eigenvalue weighted by molar-refractivity contribution is 0.373. The summed E-state index contributed by atoms with van der Waals surface area (Å²) in [7, 11) is 2.41. The zero-order valence-electron chi connectivity index (χ0n) is 20.3.